The van der Waals surface area contributed by atoms with Crippen LogP contribution in [0, 0.1) is 5.82 Å². The topological polar surface area (TPSA) is 49.4 Å². The zero-order valence-corrected chi connectivity index (χ0v) is 20.6. The Morgan fingerprint density at radius 1 is 1.09 bits per heavy atom. The molecule has 0 spiro atoms. The summed E-state index contributed by atoms with van der Waals surface area (Å²) in [5, 5.41) is 3.83. The van der Waals surface area contributed by atoms with Crippen LogP contribution in [-0.2, 0) is 16.1 Å². The van der Waals surface area contributed by atoms with Gasteiger partial charge < -0.3 is 10.2 Å². The molecule has 1 fully saturated rings. The van der Waals surface area contributed by atoms with E-state index in [1.807, 2.05) is 24.3 Å². The van der Waals surface area contributed by atoms with Crippen LogP contribution in [-0.4, -0.2) is 34.6 Å². The van der Waals surface area contributed by atoms with Gasteiger partial charge in [0.05, 0.1) is 0 Å². The number of benzene rings is 2. The third-order valence-corrected chi connectivity index (χ3v) is 7.35. The van der Waals surface area contributed by atoms with Gasteiger partial charge >= 0.3 is 0 Å². The molecule has 1 aliphatic carbocycles. The maximum Gasteiger partial charge on any atom is 0.242 e. The van der Waals surface area contributed by atoms with Crippen molar-refractivity contribution in [2.75, 3.05) is 5.75 Å². The Balaban J connectivity index is 1.59. The second-order valence-electron chi connectivity index (χ2n) is 8.57. The van der Waals surface area contributed by atoms with Crippen LogP contribution in [0.3, 0.4) is 0 Å². The van der Waals surface area contributed by atoms with E-state index in [0.29, 0.717) is 17.9 Å². The zero-order valence-electron chi connectivity index (χ0n) is 19.1. The van der Waals surface area contributed by atoms with Crippen molar-refractivity contribution in [2.24, 2.45) is 0 Å². The first-order chi connectivity index (χ1) is 15.9. The highest BCUT2D eigenvalue weighted by Crippen LogP contribution is 2.22. The third kappa shape index (κ3) is 8.35. The Hall–Kier alpha value is -2.05. The minimum Gasteiger partial charge on any atom is -0.352 e. The summed E-state index contributed by atoms with van der Waals surface area (Å²) in [6.07, 6.45) is 6.50. The number of hydrogen-bond donors (Lipinski definition) is 1. The van der Waals surface area contributed by atoms with E-state index in [1.54, 1.807) is 35.7 Å². The maximum absolute atomic E-state index is 13.3. The van der Waals surface area contributed by atoms with Crippen LogP contribution in [0.4, 0.5) is 4.39 Å². The number of rotatable bonds is 10. The summed E-state index contributed by atoms with van der Waals surface area (Å²) < 4.78 is 13.3. The highest BCUT2D eigenvalue weighted by atomic mass is 35.5. The van der Waals surface area contributed by atoms with E-state index in [9.17, 15) is 14.0 Å². The summed E-state index contributed by atoms with van der Waals surface area (Å²) in [6, 6.07) is 13.3. The average molecular weight is 491 g/mol. The Bertz CT molecular complexity index is 902. The molecule has 0 bridgehead atoms. The van der Waals surface area contributed by atoms with Gasteiger partial charge in [-0.15, -0.1) is 11.8 Å². The second kappa shape index (κ2) is 13.0. The molecule has 2 amide bonds. The smallest absolute Gasteiger partial charge is 0.242 e. The largest absolute Gasteiger partial charge is 0.352 e. The lowest BCUT2D eigenvalue weighted by molar-refractivity contribution is -0.141. The van der Waals surface area contributed by atoms with Crippen LogP contribution in [0.25, 0.3) is 0 Å². The van der Waals surface area contributed by atoms with E-state index in [0.717, 1.165) is 41.9 Å². The number of amides is 2. The molecule has 0 heterocycles. The summed E-state index contributed by atoms with van der Waals surface area (Å²) in [7, 11) is 0. The fourth-order valence-corrected chi connectivity index (χ4v) is 5.00. The molecule has 1 atom stereocenters. The molecule has 0 aliphatic heterocycles. The summed E-state index contributed by atoms with van der Waals surface area (Å²) in [5.74, 6) is 0.287. The predicted octanol–water partition coefficient (Wildman–Crippen LogP) is 6.22. The number of nitrogens with zero attached hydrogens (tertiary/aromatic N) is 1. The third-order valence-electron chi connectivity index (χ3n) is 6.00. The summed E-state index contributed by atoms with van der Waals surface area (Å²) in [4.78, 5) is 28.8. The van der Waals surface area contributed by atoms with Gasteiger partial charge in [-0.2, -0.15) is 0 Å². The summed E-state index contributed by atoms with van der Waals surface area (Å²) >= 11 is 7.60. The molecule has 33 heavy (non-hydrogen) atoms. The standard InChI is InChI=1S/C26H32ClFN2O2S/c1-19(26(32)29-23-6-3-2-4-7-23)30(18-20-9-13-22(28)14-10-20)25(31)8-5-17-33-24-15-11-21(27)12-16-24/h9-16,19,23H,2-8,17-18H2,1H3,(H,29,32)/t19-/m0/s1. The minimum atomic E-state index is -0.589. The fraction of sp³-hybridized carbons (Fsp3) is 0.462. The van der Waals surface area contributed by atoms with Gasteiger partial charge in [0.2, 0.25) is 11.8 Å². The van der Waals surface area contributed by atoms with Crippen LogP contribution in [0.2, 0.25) is 5.02 Å². The van der Waals surface area contributed by atoms with Gasteiger partial charge in [0.25, 0.3) is 0 Å². The Kier molecular flexibility index (Phi) is 10.1. The lowest BCUT2D eigenvalue weighted by atomic mass is 9.95. The lowest BCUT2D eigenvalue weighted by Crippen LogP contribution is -2.50. The molecule has 7 heteroatoms. The molecule has 1 aliphatic rings. The number of carbonyl (C=O) groups is 2. The predicted molar refractivity (Wildman–Crippen MR) is 133 cm³/mol. The normalized spacial score (nSPS) is 15.1. The second-order valence-corrected chi connectivity index (χ2v) is 10.2. The van der Waals surface area contributed by atoms with Crippen LogP contribution in [0.5, 0.6) is 0 Å². The van der Waals surface area contributed by atoms with Crippen molar-refractivity contribution >= 4 is 35.2 Å². The highest BCUT2D eigenvalue weighted by molar-refractivity contribution is 7.99. The Morgan fingerprint density at radius 3 is 2.42 bits per heavy atom. The van der Waals surface area contributed by atoms with Crippen molar-refractivity contribution in [1.82, 2.24) is 10.2 Å². The first-order valence-electron chi connectivity index (χ1n) is 11.6. The molecule has 4 nitrogen and oxygen atoms in total. The van der Waals surface area contributed by atoms with E-state index in [1.165, 1.54) is 18.6 Å². The molecule has 0 saturated heterocycles. The van der Waals surface area contributed by atoms with E-state index >= 15 is 0 Å². The Morgan fingerprint density at radius 2 is 1.76 bits per heavy atom. The molecular formula is C26H32ClFN2O2S. The average Bonchev–Trinajstić information content (AvgIpc) is 2.82. The van der Waals surface area contributed by atoms with Gasteiger partial charge in [0, 0.05) is 28.9 Å². The lowest BCUT2D eigenvalue weighted by Gasteiger charge is -2.31. The van der Waals surface area contributed by atoms with Crippen LogP contribution >= 0.6 is 23.4 Å². The molecular weight excluding hydrogens is 459 g/mol. The molecule has 1 N–H and O–H groups in total. The van der Waals surface area contributed by atoms with Crippen molar-refractivity contribution in [3.05, 3.63) is 64.9 Å². The van der Waals surface area contributed by atoms with Crippen molar-refractivity contribution in [1.29, 1.82) is 0 Å². The van der Waals surface area contributed by atoms with Gasteiger partial charge in [-0.05, 0) is 73.9 Å². The minimum absolute atomic E-state index is 0.0673. The molecule has 0 aromatic heterocycles. The van der Waals surface area contributed by atoms with Crippen molar-refractivity contribution in [3.8, 4) is 0 Å². The van der Waals surface area contributed by atoms with Crippen molar-refractivity contribution in [3.63, 3.8) is 0 Å². The highest BCUT2D eigenvalue weighted by Gasteiger charge is 2.27. The molecule has 0 radical (unpaired) electrons. The fourth-order valence-electron chi connectivity index (χ4n) is 4.03. The zero-order chi connectivity index (χ0) is 23.6. The number of thioether (sulfide) groups is 1. The van der Waals surface area contributed by atoms with E-state index in [4.69, 9.17) is 11.6 Å². The van der Waals surface area contributed by atoms with Crippen LogP contribution < -0.4 is 5.32 Å². The number of halogens is 2. The number of hydrogen-bond acceptors (Lipinski definition) is 3. The van der Waals surface area contributed by atoms with Gasteiger partial charge in [0.1, 0.15) is 11.9 Å². The molecule has 2 aromatic carbocycles. The van der Waals surface area contributed by atoms with Crippen molar-refractivity contribution in [2.45, 2.75) is 75.4 Å². The van der Waals surface area contributed by atoms with E-state index in [-0.39, 0.29) is 30.2 Å². The van der Waals surface area contributed by atoms with E-state index in [2.05, 4.69) is 5.32 Å². The number of nitrogens with one attached hydrogen (secondary N) is 1. The van der Waals surface area contributed by atoms with Gasteiger partial charge in [-0.1, -0.05) is 43.0 Å². The number of carbonyl (C=O) groups excluding carboxylic acids is 2. The summed E-state index contributed by atoms with van der Waals surface area (Å²) in [6.45, 7) is 2.06. The molecule has 3 rings (SSSR count). The first kappa shape index (κ1) is 25.6. The van der Waals surface area contributed by atoms with Crippen LogP contribution in [0.15, 0.2) is 53.4 Å². The molecule has 0 unspecified atom stereocenters. The molecule has 2 aromatic rings. The quantitative estimate of drug-likeness (QED) is 0.318. The summed E-state index contributed by atoms with van der Waals surface area (Å²) in [5.41, 5.74) is 0.803. The van der Waals surface area contributed by atoms with Gasteiger partial charge in [-0.3, -0.25) is 9.59 Å². The van der Waals surface area contributed by atoms with Crippen LogP contribution in [0.1, 0.15) is 57.4 Å². The first-order valence-corrected chi connectivity index (χ1v) is 13.0. The van der Waals surface area contributed by atoms with Gasteiger partial charge in [-0.25, -0.2) is 4.39 Å². The Labute approximate surface area is 205 Å². The monoisotopic (exact) mass is 490 g/mol. The molecule has 178 valence electrons. The van der Waals surface area contributed by atoms with Gasteiger partial charge in [0.15, 0.2) is 0 Å². The maximum atomic E-state index is 13.3. The van der Waals surface area contributed by atoms with Crippen molar-refractivity contribution < 1.29 is 14.0 Å². The van der Waals surface area contributed by atoms with E-state index < -0.39 is 6.04 Å². The molecule has 1 saturated carbocycles. The SMILES string of the molecule is C[C@@H](C(=O)NC1CCCCC1)N(Cc1ccc(F)cc1)C(=O)CCCSc1ccc(Cl)cc1.